The van der Waals surface area contributed by atoms with Crippen molar-refractivity contribution < 1.29 is 54.8 Å². The Labute approximate surface area is 255 Å². The third-order valence-electron chi connectivity index (χ3n) is 6.26. The van der Waals surface area contributed by atoms with Crippen molar-refractivity contribution in [3.63, 3.8) is 0 Å². The molecule has 0 aliphatic carbocycles. The van der Waals surface area contributed by atoms with Gasteiger partial charge in [0.05, 0.1) is 33.2 Å². The zero-order valence-corrected chi connectivity index (χ0v) is 25.3. The van der Waals surface area contributed by atoms with E-state index in [-0.39, 0.29) is 11.3 Å². The van der Waals surface area contributed by atoms with E-state index in [2.05, 4.69) is 33.8 Å². The average molecular weight is 649 g/mol. The summed E-state index contributed by atoms with van der Waals surface area (Å²) in [6.07, 6.45) is -13.2. The smallest absolute Gasteiger partial charge is 0.494 e. The molecule has 2 aromatic carbocycles. The first-order valence-corrected chi connectivity index (χ1v) is 14.7. The highest BCUT2D eigenvalue weighted by Gasteiger charge is 2.52. The number of fused-ring (bicyclic) bond motifs is 1. The van der Waals surface area contributed by atoms with Crippen molar-refractivity contribution in [2.24, 2.45) is 0 Å². The number of hydrogen-bond acceptors (Lipinski definition) is 7. The molecule has 44 heavy (non-hydrogen) atoms. The average Bonchev–Trinajstić information content (AvgIpc) is 3.34. The second-order valence-electron chi connectivity index (χ2n) is 10.0. The fraction of sp³-hybridized carbons (Fsp3) is 0.452. The monoisotopic (exact) mass is 648 g/mol. The van der Waals surface area contributed by atoms with Crippen LogP contribution in [0.5, 0.6) is 11.5 Å². The van der Waals surface area contributed by atoms with Crippen LogP contribution < -0.4 is 9.47 Å². The number of carbonyl (C=O) groups excluding carboxylic acids is 1. The number of hydrogen-bond donors (Lipinski definition) is 0. The molecule has 0 radical (unpaired) electrons. The van der Waals surface area contributed by atoms with Crippen LogP contribution in [0.4, 0.5) is 26.3 Å². The predicted octanol–water partition coefficient (Wildman–Crippen LogP) is 9.36. The minimum Gasteiger partial charge on any atom is -0.496 e. The van der Waals surface area contributed by atoms with E-state index in [0.717, 1.165) is 52.0 Å². The molecule has 3 rings (SSSR count). The van der Waals surface area contributed by atoms with Gasteiger partial charge in [-0.1, -0.05) is 32.4 Å². The Bertz CT molecular complexity index is 1420. The van der Waals surface area contributed by atoms with Gasteiger partial charge in [0.2, 0.25) is 0 Å². The lowest BCUT2D eigenvalue weighted by atomic mass is 10.0. The molecule has 1 aromatic heterocycles. The molecule has 0 aliphatic rings. The molecule has 242 valence electrons. The van der Waals surface area contributed by atoms with Crippen molar-refractivity contribution in [3.05, 3.63) is 60.2 Å². The van der Waals surface area contributed by atoms with Crippen LogP contribution in [-0.4, -0.2) is 44.8 Å². The minimum atomic E-state index is -5.35. The summed E-state index contributed by atoms with van der Waals surface area (Å²) < 4.78 is 106. The Morgan fingerprint density at radius 3 is 2.23 bits per heavy atom. The summed E-state index contributed by atoms with van der Waals surface area (Å²) in [5, 5.41) is 0.868. The normalized spacial score (nSPS) is 12.4. The van der Waals surface area contributed by atoms with Crippen molar-refractivity contribution in [2.75, 3.05) is 20.3 Å². The van der Waals surface area contributed by atoms with Crippen molar-refractivity contribution in [2.45, 2.75) is 70.9 Å². The quantitative estimate of drug-likeness (QED) is 0.0450. The first-order chi connectivity index (χ1) is 20.6. The van der Waals surface area contributed by atoms with E-state index in [1.165, 1.54) is 29.9 Å². The van der Waals surface area contributed by atoms with E-state index in [1.807, 2.05) is 18.2 Å². The van der Waals surface area contributed by atoms with E-state index >= 15 is 0 Å². The number of unbranched alkanes of at least 4 members (excludes halogenated alkanes) is 2. The third-order valence-corrected chi connectivity index (χ3v) is 7.40. The van der Waals surface area contributed by atoms with Gasteiger partial charge in [-0.25, -0.2) is 14.3 Å². The summed E-state index contributed by atoms with van der Waals surface area (Å²) in [5.74, 6) is -0.107. The SMILES string of the molecule is C=C(C)C(=O)OCCC(F)(F)OC(F)(F)OC(F)(F)CCOc1ccc2cc(-c3ccc(CCCCC)cc3OC)sc2c1. The van der Waals surface area contributed by atoms with Crippen LogP contribution >= 0.6 is 11.3 Å². The van der Waals surface area contributed by atoms with Crippen LogP contribution in [0.25, 0.3) is 20.5 Å². The van der Waals surface area contributed by atoms with Crippen molar-refractivity contribution in [1.29, 1.82) is 0 Å². The molecule has 0 bridgehead atoms. The van der Waals surface area contributed by atoms with Crippen LogP contribution in [0.15, 0.2) is 54.6 Å². The van der Waals surface area contributed by atoms with E-state index in [1.54, 1.807) is 19.2 Å². The predicted molar refractivity (Wildman–Crippen MR) is 155 cm³/mol. The van der Waals surface area contributed by atoms with Crippen molar-refractivity contribution in [3.8, 4) is 21.9 Å². The van der Waals surface area contributed by atoms with Gasteiger partial charge in [-0.2, -0.15) is 17.6 Å². The van der Waals surface area contributed by atoms with Gasteiger partial charge in [0.15, 0.2) is 0 Å². The zero-order chi connectivity index (χ0) is 32.5. The molecule has 0 amide bonds. The van der Waals surface area contributed by atoms with Gasteiger partial charge in [-0.05, 0) is 67.1 Å². The minimum absolute atomic E-state index is 0.107. The van der Waals surface area contributed by atoms with Gasteiger partial charge in [-0.15, -0.1) is 20.1 Å². The number of carbonyl (C=O) groups is 1. The van der Waals surface area contributed by atoms with E-state index in [4.69, 9.17) is 9.47 Å². The molecule has 0 unspecified atom stereocenters. The van der Waals surface area contributed by atoms with Crippen LogP contribution in [0, 0.1) is 0 Å². The lowest BCUT2D eigenvalue weighted by Crippen LogP contribution is -2.41. The largest absolute Gasteiger partial charge is 0.496 e. The second-order valence-corrected chi connectivity index (χ2v) is 11.1. The third kappa shape index (κ3) is 10.7. The molecule has 0 fully saturated rings. The molecule has 0 saturated heterocycles. The Morgan fingerprint density at radius 1 is 0.909 bits per heavy atom. The highest BCUT2D eigenvalue weighted by atomic mass is 32.1. The van der Waals surface area contributed by atoms with Gasteiger partial charge in [0, 0.05) is 20.7 Å². The summed E-state index contributed by atoms with van der Waals surface area (Å²) >= 11 is 1.43. The number of methoxy groups -OCH3 is 1. The summed E-state index contributed by atoms with van der Waals surface area (Å²) in [7, 11) is 1.60. The second kappa shape index (κ2) is 15.1. The van der Waals surface area contributed by atoms with E-state index in [9.17, 15) is 31.1 Å². The Balaban J connectivity index is 1.57. The first kappa shape index (κ1) is 35.2. The lowest BCUT2D eigenvalue weighted by molar-refractivity contribution is -0.514. The van der Waals surface area contributed by atoms with Gasteiger partial charge in [-0.3, -0.25) is 0 Å². The summed E-state index contributed by atoms with van der Waals surface area (Å²) in [5.41, 5.74) is 1.97. The molecule has 0 atom stereocenters. The Morgan fingerprint density at radius 2 is 1.59 bits per heavy atom. The molecule has 13 heteroatoms. The summed E-state index contributed by atoms with van der Waals surface area (Å²) in [6, 6.07) is 12.9. The number of rotatable bonds is 18. The molecule has 0 aliphatic heterocycles. The Kier molecular flexibility index (Phi) is 12.1. The van der Waals surface area contributed by atoms with E-state index < -0.39 is 50.5 Å². The standard InChI is InChI=1S/C31H34F6O6S/c1-5-6-7-8-21-9-12-24(25(17-21)39-4)27-18-22-10-11-23(19-26(22)44-27)40-15-13-29(32,33)42-31(36,37)43-30(34,35)14-16-41-28(38)20(2)3/h9-12,17-19H,2,5-8,13-16H2,1,3-4H3. The maximum Gasteiger partial charge on any atom is 0.494 e. The fourth-order valence-corrected chi connectivity index (χ4v) is 5.17. The van der Waals surface area contributed by atoms with Crippen LogP contribution in [0.1, 0.15) is 51.5 Å². The molecular weight excluding hydrogens is 614 g/mol. The van der Waals surface area contributed by atoms with Crippen LogP contribution in [0.3, 0.4) is 0 Å². The number of thiophene rings is 1. The number of aryl methyl sites for hydroxylation is 1. The van der Waals surface area contributed by atoms with Crippen molar-refractivity contribution >= 4 is 27.4 Å². The number of esters is 1. The highest BCUT2D eigenvalue weighted by Crippen LogP contribution is 2.40. The van der Waals surface area contributed by atoms with Crippen molar-refractivity contribution in [1.82, 2.24) is 0 Å². The molecular formula is C31H34F6O6S. The number of alkyl halides is 6. The summed E-state index contributed by atoms with van der Waals surface area (Å²) in [6.45, 7) is 4.83. The molecule has 0 saturated carbocycles. The molecule has 3 aromatic rings. The van der Waals surface area contributed by atoms with Gasteiger partial charge in [0.1, 0.15) is 11.5 Å². The molecule has 0 N–H and O–H groups in total. The van der Waals surface area contributed by atoms with Gasteiger partial charge >= 0.3 is 24.5 Å². The maximum absolute atomic E-state index is 14.1. The lowest BCUT2D eigenvalue weighted by Gasteiger charge is -2.26. The number of ether oxygens (including phenoxy) is 5. The Hall–Kier alpha value is -3.29. The number of benzene rings is 2. The molecule has 1 heterocycles. The van der Waals surface area contributed by atoms with Gasteiger partial charge in [0.25, 0.3) is 0 Å². The van der Waals surface area contributed by atoms with Crippen LogP contribution in [-0.2, 0) is 25.4 Å². The highest BCUT2D eigenvalue weighted by molar-refractivity contribution is 7.22. The van der Waals surface area contributed by atoms with E-state index in [0.29, 0.717) is 0 Å². The fourth-order valence-electron chi connectivity index (χ4n) is 4.05. The zero-order valence-electron chi connectivity index (χ0n) is 24.5. The summed E-state index contributed by atoms with van der Waals surface area (Å²) in [4.78, 5) is 12.1. The number of halogens is 6. The maximum atomic E-state index is 14.1. The molecule has 6 nitrogen and oxygen atoms in total. The van der Waals surface area contributed by atoms with Crippen LogP contribution in [0.2, 0.25) is 0 Å². The molecule has 0 spiro atoms. The first-order valence-electron chi connectivity index (χ1n) is 13.8. The van der Waals surface area contributed by atoms with Gasteiger partial charge < -0.3 is 14.2 Å². The topological polar surface area (TPSA) is 63.2 Å².